The fraction of sp³-hybridized carbons (Fsp3) is 0.348. The van der Waals surface area contributed by atoms with Crippen LogP contribution in [0, 0.1) is 6.92 Å². The lowest BCUT2D eigenvalue weighted by molar-refractivity contribution is -0.149. The fourth-order valence-electron chi connectivity index (χ4n) is 4.27. The van der Waals surface area contributed by atoms with Crippen molar-refractivity contribution in [3.05, 3.63) is 48.2 Å². The molecular weight excluding hydrogens is 479 g/mol. The summed E-state index contributed by atoms with van der Waals surface area (Å²) in [5, 5.41) is 4.66. The van der Waals surface area contributed by atoms with Crippen molar-refractivity contribution < 1.29 is 27.2 Å². The van der Waals surface area contributed by atoms with Crippen molar-refractivity contribution in [2.24, 2.45) is 0 Å². The Hall–Kier alpha value is -4.16. The molecule has 3 aromatic rings. The summed E-state index contributed by atoms with van der Waals surface area (Å²) in [7, 11) is 0. The molecule has 0 radical (unpaired) electrons. The maximum atomic E-state index is 13.4. The Bertz CT molecular complexity index is 1330. The summed E-state index contributed by atoms with van der Waals surface area (Å²) < 4.78 is 44.2. The predicted molar refractivity (Wildman–Crippen MR) is 124 cm³/mol. The number of hydrogen-bond donors (Lipinski definition) is 2. The number of amides is 3. The minimum absolute atomic E-state index is 0.204. The van der Waals surface area contributed by atoms with Crippen LogP contribution >= 0.6 is 0 Å². The lowest BCUT2D eigenvalue weighted by Crippen LogP contribution is -2.49. The molecule has 3 aromatic heterocycles. The SMILES string of the molecule is Cc1ncc(-c2ccnc(NC(=O)N3c4nc(C(=O)NC(C)C(F)(F)F)ccc4N4CC[C@H]3C4)c2)o1. The first-order chi connectivity index (χ1) is 17.1. The molecule has 0 spiro atoms. The van der Waals surface area contributed by atoms with Crippen LogP contribution in [0.2, 0.25) is 0 Å². The number of hydrogen-bond acceptors (Lipinski definition) is 7. The topological polar surface area (TPSA) is 116 Å². The van der Waals surface area contributed by atoms with Crippen LogP contribution < -0.4 is 20.4 Å². The highest BCUT2D eigenvalue weighted by atomic mass is 19.4. The number of aromatic nitrogens is 3. The lowest BCUT2D eigenvalue weighted by atomic mass is 10.1. The Morgan fingerprint density at radius 1 is 1.22 bits per heavy atom. The van der Waals surface area contributed by atoms with Crippen LogP contribution in [0.25, 0.3) is 11.3 Å². The Balaban J connectivity index is 1.41. The molecule has 36 heavy (non-hydrogen) atoms. The maximum Gasteiger partial charge on any atom is 0.408 e. The third-order valence-electron chi connectivity index (χ3n) is 6.14. The van der Waals surface area contributed by atoms with Gasteiger partial charge in [0.15, 0.2) is 17.5 Å². The molecule has 0 aliphatic carbocycles. The number of fused-ring (bicyclic) bond motifs is 4. The van der Waals surface area contributed by atoms with E-state index >= 15 is 0 Å². The van der Waals surface area contributed by atoms with E-state index in [9.17, 15) is 22.8 Å². The van der Waals surface area contributed by atoms with E-state index < -0.39 is 24.2 Å². The highest BCUT2D eigenvalue weighted by Gasteiger charge is 2.41. The van der Waals surface area contributed by atoms with Gasteiger partial charge in [0.05, 0.1) is 17.9 Å². The van der Waals surface area contributed by atoms with Gasteiger partial charge in [-0.15, -0.1) is 0 Å². The van der Waals surface area contributed by atoms with Gasteiger partial charge in [0.2, 0.25) is 0 Å². The molecule has 13 heteroatoms. The van der Waals surface area contributed by atoms with E-state index in [-0.39, 0.29) is 23.4 Å². The molecule has 1 saturated heterocycles. The number of urea groups is 1. The molecule has 2 aliphatic rings. The number of carbonyl (C=O) groups excluding carboxylic acids is 2. The van der Waals surface area contributed by atoms with Crippen molar-refractivity contribution in [2.75, 3.05) is 28.2 Å². The van der Waals surface area contributed by atoms with E-state index in [1.54, 1.807) is 31.3 Å². The van der Waals surface area contributed by atoms with Crippen molar-refractivity contribution in [3.63, 3.8) is 0 Å². The summed E-state index contributed by atoms with van der Waals surface area (Å²) >= 11 is 0. The van der Waals surface area contributed by atoms with Gasteiger partial charge in [-0.05, 0) is 37.6 Å². The summed E-state index contributed by atoms with van der Waals surface area (Å²) in [6, 6.07) is 3.52. The third kappa shape index (κ3) is 4.43. The van der Waals surface area contributed by atoms with Gasteiger partial charge in [-0.25, -0.2) is 19.7 Å². The van der Waals surface area contributed by atoms with Crippen molar-refractivity contribution in [1.82, 2.24) is 20.3 Å². The second-order valence-corrected chi connectivity index (χ2v) is 8.64. The number of nitrogens with zero attached hydrogens (tertiary/aromatic N) is 5. The molecular formula is C23H22F3N7O3. The number of anilines is 3. The van der Waals surface area contributed by atoms with Crippen molar-refractivity contribution >= 4 is 29.3 Å². The second-order valence-electron chi connectivity index (χ2n) is 8.64. The molecule has 1 fully saturated rings. The molecule has 2 atom stereocenters. The average molecular weight is 501 g/mol. The maximum absolute atomic E-state index is 13.4. The minimum atomic E-state index is -4.59. The van der Waals surface area contributed by atoms with E-state index in [2.05, 4.69) is 20.3 Å². The fourth-order valence-corrected chi connectivity index (χ4v) is 4.27. The monoisotopic (exact) mass is 501 g/mol. The van der Waals surface area contributed by atoms with Gasteiger partial charge in [0, 0.05) is 31.8 Å². The van der Waals surface area contributed by atoms with Gasteiger partial charge in [0.1, 0.15) is 17.6 Å². The normalized spacial score (nSPS) is 17.5. The third-order valence-corrected chi connectivity index (χ3v) is 6.14. The number of aryl methyl sites for hydroxylation is 1. The van der Waals surface area contributed by atoms with Gasteiger partial charge in [-0.1, -0.05) is 0 Å². The second kappa shape index (κ2) is 8.81. The first-order valence-electron chi connectivity index (χ1n) is 11.2. The number of nitrogens with one attached hydrogen (secondary N) is 2. The highest BCUT2D eigenvalue weighted by Crippen LogP contribution is 2.39. The zero-order chi connectivity index (χ0) is 25.6. The van der Waals surface area contributed by atoms with Crippen LogP contribution in [0.1, 0.15) is 29.7 Å². The number of rotatable bonds is 4. The standard InChI is InChI=1S/C23H22F3N7O3/c1-12(23(24,25)26)29-21(34)16-3-4-17-20(30-16)33(15-6-8-32(17)11-15)22(35)31-19-9-14(5-7-27-19)18-10-28-13(2)36-18/h3-5,7,9-10,12,15H,6,8,11H2,1-2H3,(H,29,34)(H,27,31,35)/t12?,15-/m0/s1. The van der Waals surface area contributed by atoms with E-state index in [4.69, 9.17) is 4.42 Å². The quantitative estimate of drug-likeness (QED) is 0.559. The van der Waals surface area contributed by atoms with Crippen LogP contribution in [-0.4, -0.2) is 58.2 Å². The number of pyridine rings is 2. The van der Waals surface area contributed by atoms with E-state index in [1.807, 2.05) is 10.2 Å². The summed E-state index contributed by atoms with van der Waals surface area (Å²) in [5.41, 5.74) is 1.08. The Morgan fingerprint density at radius 3 is 2.75 bits per heavy atom. The summed E-state index contributed by atoms with van der Waals surface area (Å²) in [6.45, 7) is 3.82. The summed E-state index contributed by atoms with van der Waals surface area (Å²) in [4.78, 5) is 41.9. The Morgan fingerprint density at radius 2 is 2.03 bits per heavy atom. The molecule has 0 aromatic carbocycles. The minimum Gasteiger partial charge on any atom is -0.441 e. The van der Waals surface area contributed by atoms with Crippen molar-refractivity contribution in [3.8, 4) is 11.3 Å². The van der Waals surface area contributed by atoms with Crippen LogP contribution in [0.3, 0.4) is 0 Å². The van der Waals surface area contributed by atoms with E-state index in [1.165, 1.54) is 17.2 Å². The van der Waals surface area contributed by atoms with Crippen LogP contribution in [0.4, 0.5) is 35.3 Å². The van der Waals surface area contributed by atoms with Crippen molar-refractivity contribution in [2.45, 2.75) is 38.5 Å². The smallest absolute Gasteiger partial charge is 0.408 e. The Labute approximate surface area is 203 Å². The molecule has 3 amide bonds. The molecule has 10 nitrogen and oxygen atoms in total. The van der Waals surface area contributed by atoms with Crippen molar-refractivity contribution in [1.29, 1.82) is 0 Å². The largest absolute Gasteiger partial charge is 0.441 e. The molecule has 188 valence electrons. The molecule has 1 unspecified atom stereocenters. The molecule has 2 bridgehead atoms. The van der Waals surface area contributed by atoms with Gasteiger partial charge in [0.25, 0.3) is 5.91 Å². The van der Waals surface area contributed by atoms with Gasteiger partial charge in [-0.3, -0.25) is 15.0 Å². The first-order valence-corrected chi connectivity index (χ1v) is 11.2. The van der Waals surface area contributed by atoms with E-state index in [0.29, 0.717) is 42.4 Å². The number of oxazole rings is 1. The zero-order valence-corrected chi connectivity index (χ0v) is 19.3. The predicted octanol–water partition coefficient (Wildman–Crippen LogP) is 3.75. The summed E-state index contributed by atoms with van der Waals surface area (Å²) in [6.07, 6.45) is -0.832. The van der Waals surface area contributed by atoms with Gasteiger partial charge < -0.3 is 14.6 Å². The molecule has 2 N–H and O–H groups in total. The number of carbonyl (C=O) groups is 2. The van der Waals surface area contributed by atoms with Crippen LogP contribution in [0.5, 0.6) is 0 Å². The first kappa shape index (κ1) is 23.6. The Kier molecular flexibility index (Phi) is 5.77. The number of halogens is 3. The van der Waals surface area contributed by atoms with Crippen LogP contribution in [-0.2, 0) is 0 Å². The summed E-state index contributed by atoms with van der Waals surface area (Å²) in [5.74, 6) is 0.508. The molecule has 5 heterocycles. The van der Waals surface area contributed by atoms with Gasteiger partial charge in [-0.2, -0.15) is 13.2 Å². The zero-order valence-electron chi connectivity index (χ0n) is 19.3. The highest BCUT2D eigenvalue weighted by molar-refractivity contribution is 6.05. The van der Waals surface area contributed by atoms with E-state index in [0.717, 1.165) is 6.92 Å². The average Bonchev–Trinajstić information content (AvgIpc) is 3.45. The lowest BCUT2D eigenvalue weighted by Gasteiger charge is -2.35. The molecule has 2 aliphatic heterocycles. The number of alkyl halides is 3. The molecule has 5 rings (SSSR count). The molecule has 0 saturated carbocycles. The van der Waals surface area contributed by atoms with Gasteiger partial charge >= 0.3 is 12.2 Å². The van der Waals surface area contributed by atoms with Crippen LogP contribution in [0.15, 0.2) is 41.1 Å².